The van der Waals surface area contributed by atoms with E-state index in [9.17, 15) is 15.0 Å². The second kappa shape index (κ2) is 56.2. The van der Waals surface area contributed by atoms with Crippen molar-refractivity contribution < 1.29 is 15.0 Å². The van der Waals surface area contributed by atoms with Gasteiger partial charge in [0.1, 0.15) is 0 Å². The number of carbonyl (C=O) groups is 1. The van der Waals surface area contributed by atoms with Crippen LogP contribution in [0.1, 0.15) is 290 Å². The summed E-state index contributed by atoms with van der Waals surface area (Å²) in [6.45, 7) is 4.26. The fourth-order valence-electron chi connectivity index (χ4n) is 8.66. The highest BCUT2D eigenvalue weighted by Gasteiger charge is 2.20. The van der Waals surface area contributed by atoms with Crippen molar-refractivity contribution in [2.45, 2.75) is 302 Å². The van der Waals surface area contributed by atoms with Gasteiger partial charge in [0.25, 0.3) is 0 Å². The Morgan fingerprint density at radius 3 is 1.02 bits per heavy atom. The van der Waals surface area contributed by atoms with E-state index in [4.69, 9.17) is 0 Å². The van der Waals surface area contributed by atoms with Crippen molar-refractivity contribution in [2.75, 3.05) is 6.61 Å². The molecule has 2 unspecified atom stereocenters. The van der Waals surface area contributed by atoms with E-state index in [2.05, 4.69) is 92.1 Å². The van der Waals surface area contributed by atoms with Crippen LogP contribution in [0.4, 0.5) is 0 Å². The molecule has 0 aliphatic carbocycles. The predicted molar refractivity (Wildman–Crippen MR) is 290 cm³/mol. The van der Waals surface area contributed by atoms with Crippen LogP contribution in [0.15, 0.2) is 72.9 Å². The molecule has 4 nitrogen and oxygen atoms in total. The van der Waals surface area contributed by atoms with E-state index in [0.29, 0.717) is 12.8 Å². The number of rotatable bonds is 52. The minimum Gasteiger partial charge on any atom is -0.394 e. The lowest BCUT2D eigenvalue weighted by Crippen LogP contribution is -2.45. The van der Waals surface area contributed by atoms with Crippen LogP contribution in [0.3, 0.4) is 0 Å². The van der Waals surface area contributed by atoms with Crippen molar-refractivity contribution in [3.8, 4) is 0 Å². The molecule has 0 spiro atoms. The molecule has 3 N–H and O–H groups in total. The summed E-state index contributed by atoms with van der Waals surface area (Å²) >= 11 is 0. The number of unbranched alkanes of at least 4 members (excludes halogenated alkanes) is 33. The number of hydrogen-bond acceptors (Lipinski definition) is 3. The molecule has 0 aromatic carbocycles. The van der Waals surface area contributed by atoms with Crippen LogP contribution >= 0.6 is 0 Å². The molecule has 0 bridgehead atoms. The van der Waals surface area contributed by atoms with Gasteiger partial charge in [-0.3, -0.25) is 4.79 Å². The Balaban J connectivity index is 3.50. The van der Waals surface area contributed by atoms with Crippen molar-refractivity contribution in [1.29, 1.82) is 0 Å². The molecular formula is C61H111NO3. The third-order valence-electron chi connectivity index (χ3n) is 13.0. The molecule has 0 saturated heterocycles. The molecule has 1 amide bonds. The van der Waals surface area contributed by atoms with E-state index >= 15 is 0 Å². The quantitative estimate of drug-likeness (QED) is 0.0421. The molecule has 378 valence electrons. The number of allylic oxidation sites excluding steroid dienone is 12. The molecule has 0 radical (unpaired) electrons. The van der Waals surface area contributed by atoms with Gasteiger partial charge in [0.05, 0.1) is 18.8 Å². The Morgan fingerprint density at radius 2 is 0.677 bits per heavy atom. The lowest BCUT2D eigenvalue weighted by Gasteiger charge is -2.22. The van der Waals surface area contributed by atoms with Crippen LogP contribution in [0.25, 0.3) is 0 Å². The molecule has 0 fully saturated rings. The van der Waals surface area contributed by atoms with Gasteiger partial charge in [0.15, 0.2) is 0 Å². The fourth-order valence-corrected chi connectivity index (χ4v) is 8.66. The van der Waals surface area contributed by atoms with Gasteiger partial charge in [0, 0.05) is 6.42 Å². The second-order valence-corrected chi connectivity index (χ2v) is 19.3. The predicted octanol–water partition coefficient (Wildman–Crippen LogP) is 19.0. The highest BCUT2D eigenvalue weighted by atomic mass is 16.3. The zero-order valence-corrected chi connectivity index (χ0v) is 43.5. The maximum atomic E-state index is 12.5. The maximum absolute atomic E-state index is 12.5. The highest BCUT2D eigenvalue weighted by Crippen LogP contribution is 2.17. The summed E-state index contributed by atoms with van der Waals surface area (Å²) in [5.41, 5.74) is 0. The van der Waals surface area contributed by atoms with Crippen molar-refractivity contribution in [2.24, 2.45) is 0 Å². The lowest BCUT2D eigenvalue weighted by atomic mass is 10.0. The van der Waals surface area contributed by atoms with E-state index in [-0.39, 0.29) is 12.5 Å². The fraction of sp³-hybridized carbons (Fsp3) is 0.787. The average Bonchev–Trinajstić information content (AvgIpc) is 3.31. The standard InChI is InChI=1S/C61H111NO3/c1-3-5-7-9-11-13-15-17-19-21-23-25-27-29-30-31-32-33-35-37-39-41-43-45-47-49-51-53-55-57-61(65)62-59(58-63)60(64)56-54-52-50-48-46-44-42-40-38-36-34-28-26-24-22-20-18-16-14-12-10-8-6-4-2/h5,7,11,13,17,19,23,25,29-30,32-33,59-60,63-64H,3-4,6,8-10,12,14-16,18,20-22,24,26-28,31,34-58H2,1-2H3,(H,62,65)/b7-5-,13-11-,19-17-,25-23-,30-29-,33-32-. The molecule has 0 aliphatic rings. The molecule has 2 atom stereocenters. The van der Waals surface area contributed by atoms with Gasteiger partial charge in [0.2, 0.25) is 5.91 Å². The molecule has 4 heteroatoms. The molecule has 0 saturated carbocycles. The zero-order chi connectivity index (χ0) is 47.0. The largest absolute Gasteiger partial charge is 0.394 e. The highest BCUT2D eigenvalue weighted by molar-refractivity contribution is 5.76. The maximum Gasteiger partial charge on any atom is 0.220 e. The van der Waals surface area contributed by atoms with Gasteiger partial charge in [-0.15, -0.1) is 0 Å². The van der Waals surface area contributed by atoms with E-state index in [1.54, 1.807) is 0 Å². The normalized spacial score (nSPS) is 13.4. The first-order valence-electron chi connectivity index (χ1n) is 28.6. The number of nitrogens with one attached hydrogen (secondary N) is 1. The molecule has 0 aliphatic heterocycles. The Morgan fingerprint density at radius 1 is 0.385 bits per heavy atom. The van der Waals surface area contributed by atoms with Gasteiger partial charge in [-0.25, -0.2) is 0 Å². The van der Waals surface area contributed by atoms with Crippen LogP contribution in [-0.4, -0.2) is 34.9 Å². The minimum atomic E-state index is -0.666. The van der Waals surface area contributed by atoms with E-state index in [0.717, 1.165) is 64.2 Å². The van der Waals surface area contributed by atoms with E-state index < -0.39 is 12.1 Å². The molecule has 0 aromatic rings. The first kappa shape index (κ1) is 62.8. The number of aliphatic hydroxyl groups is 2. The summed E-state index contributed by atoms with van der Waals surface area (Å²) in [5, 5.41) is 23.4. The molecular weight excluding hydrogens is 795 g/mol. The van der Waals surface area contributed by atoms with Gasteiger partial charge in [-0.05, 0) is 64.2 Å². The van der Waals surface area contributed by atoms with Gasteiger partial charge >= 0.3 is 0 Å². The summed E-state index contributed by atoms with van der Waals surface area (Å²) in [6, 6.07) is -0.544. The monoisotopic (exact) mass is 906 g/mol. The van der Waals surface area contributed by atoms with E-state index in [1.807, 2.05) is 0 Å². The Bertz CT molecular complexity index is 1120. The van der Waals surface area contributed by atoms with Crippen molar-refractivity contribution >= 4 is 5.91 Å². The van der Waals surface area contributed by atoms with Gasteiger partial charge in [-0.2, -0.15) is 0 Å². The molecule has 0 aromatic heterocycles. The zero-order valence-electron chi connectivity index (χ0n) is 43.5. The molecule has 0 heterocycles. The Hall–Kier alpha value is -2.17. The van der Waals surface area contributed by atoms with E-state index in [1.165, 1.54) is 199 Å². The van der Waals surface area contributed by atoms with Crippen LogP contribution in [-0.2, 0) is 4.79 Å². The van der Waals surface area contributed by atoms with Crippen LogP contribution in [0.5, 0.6) is 0 Å². The Kier molecular flexibility index (Phi) is 54.3. The number of aliphatic hydroxyl groups excluding tert-OH is 2. The van der Waals surface area contributed by atoms with Crippen molar-refractivity contribution in [3.05, 3.63) is 72.9 Å². The molecule has 0 rings (SSSR count). The first-order valence-corrected chi connectivity index (χ1v) is 28.6. The number of amides is 1. The summed E-state index contributed by atoms with van der Waals surface area (Å²) in [5.74, 6) is -0.0355. The van der Waals surface area contributed by atoms with Crippen molar-refractivity contribution in [1.82, 2.24) is 5.32 Å². The van der Waals surface area contributed by atoms with Gasteiger partial charge < -0.3 is 15.5 Å². The third-order valence-corrected chi connectivity index (χ3v) is 13.0. The topological polar surface area (TPSA) is 69.6 Å². The molecule has 65 heavy (non-hydrogen) atoms. The summed E-state index contributed by atoms with van der Waals surface area (Å²) in [7, 11) is 0. The lowest BCUT2D eigenvalue weighted by molar-refractivity contribution is -0.123. The summed E-state index contributed by atoms with van der Waals surface area (Å²) in [6.07, 6.45) is 80.3. The summed E-state index contributed by atoms with van der Waals surface area (Å²) < 4.78 is 0. The van der Waals surface area contributed by atoms with Gasteiger partial charge in [-0.1, -0.05) is 292 Å². The average molecular weight is 907 g/mol. The number of carbonyl (C=O) groups excluding carboxylic acids is 1. The Labute approximate surface area is 406 Å². The van der Waals surface area contributed by atoms with Crippen LogP contribution in [0.2, 0.25) is 0 Å². The minimum absolute atomic E-state index is 0.0355. The smallest absolute Gasteiger partial charge is 0.220 e. The summed E-state index contributed by atoms with van der Waals surface area (Å²) in [4.78, 5) is 12.5. The first-order chi connectivity index (χ1) is 32.2. The third kappa shape index (κ3) is 52.7. The number of hydrogen-bond donors (Lipinski definition) is 3. The van der Waals surface area contributed by atoms with Crippen LogP contribution < -0.4 is 5.32 Å². The SMILES string of the molecule is CC/C=C\C/C=C\C/C=C\C/C=C\C/C=C\C/C=C\CCCCCCCCCCCCC(=O)NC(CO)C(O)CCCCCCCCCCCCCCCCCCCCCCCCCC. The van der Waals surface area contributed by atoms with Crippen molar-refractivity contribution in [3.63, 3.8) is 0 Å². The second-order valence-electron chi connectivity index (χ2n) is 19.3. The van der Waals surface area contributed by atoms with Crippen LogP contribution in [0, 0.1) is 0 Å².